The number of alkyl halides is 3. The number of nitrogens with zero attached hydrogens (tertiary/aromatic N) is 3. The Balaban J connectivity index is 1.47. The van der Waals surface area contributed by atoms with Gasteiger partial charge >= 0.3 is 12.3 Å². The number of aromatic amines is 1. The predicted molar refractivity (Wildman–Crippen MR) is 100 cm³/mol. The van der Waals surface area contributed by atoms with E-state index in [1.54, 1.807) is 4.90 Å². The van der Waals surface area contributed by atoms with Crippen molar-refractivity contribution < 1.29 is 36.6 Å². The fourth-order valence-electron chi connectivity index (χ4n) is 4.46. The van der Waals surface area contributed by atoms with Crippen molar-refractivity contribution in [3.8, 4) is 0 Å². The van der Waals surface area contributed by atoms with Gasteiger partial charge in [-0.1, -0.05) is 6.07 Å². The first-order chi connectivity index (χ1) is 15.1. The Morgan fingerprint density at radius 3 is 2.56 bits per heavy atom. The third-order valence-electron chi connectivity index (χ3n) is 6.09. The number of likely N-dealkylation sites (tertiary alicyclic amines) is 1. The van der Waals surface area contributed by atoms with Crippen molar-refractivity contribution in [2.75, 3.05) is 20.2 Å². The molecular formula is C20H21F5N4O3. The second-order valence-corrected chi connectivity index (χ2v) is 7.90. The van der Waals surface area contributed by atoms with Crippen molar-refractivity contribution in [3.05, 3.63) is 51.8 Å². The van der Waals surface area contributed by atoms with Crippen molar-refractivity contribution >= 4 is 6.09 Å². The van der Waals surface area contributed by atoms with Gasteiger partial charge in [-0.2, -0.15) is 18.3 Å². The normalized spacial score (nSPS) is 18.7. The highest BCUT2D eigenvalue weighted by molar-refractivity contribution is 5.68. The number of piperidine rings is 1. The number of aromatic nitrogens is 2. The number of hydrogen-bond acceptors (Lipinski definition) is 5. The minimum Gasteiger partial charge on any atom is -0.453 e. The fraction of sp³-hybridized carbons (Fsp3) is 0.500. The van der Waals surface area contributed by atoms with Crippen molar-refractivity contribution in [2.24, 2.45) is 0 Å². The first-order valence-electron chi connectivity index (χ1n) is 9.98. The Labute approximate surface area is 179 Å². The zero-order chi connectivity index (χ0) is 23.2. The van der Waals surface area contributed by atoms with Crippen LogP contribution in [-0.4, -0.2) is 51.4 Å². The summed E-state index contributed by atoms with van der Waals surface area (Å²) in [5.41, 5.74) is -0.154. The average molecular weight is 460 g/mol. The second kappa shape index (κ2) is 8.32. The van der Waals surface area contributed by atoms with Crippen LogP contribution < -0.4 is 0 Å². The highest BCUT2D eigenvalue weighted by atomic mass is 19.4. The Hall–Kier alpha value is -2.73. The maximum Gasteiger partial charge on any atom is 0.419 e. The van der Waals surface area contributed by atoms with Crippen LogP contribution in [0.5, 0.6) is 0 Å². The molecule has 1 fully saturated rings. The lowest BCUT2D eigenvalue weighted by Gasteiger charge is -2.35. The first-order valence-corrected chi connectivity index (χ1v) is 9.98. The van der Waals surface area contributed by atoms with Gasteiger partial charge in [0.25, 0.3) is 0 Å². The van der Waals surface area contributed by atoms with Crippen LogP contribution in [0.4, 0.5) is 26.7 Å². The van der Waals surface area contributed by atoms with Gasteiger partial charge in [0.15, 0.2) is 17.9 Å². The number of ether oxygens (including phenoxy) is 1. The van der Waals surface area contributed by atoms with E-state index < -0.39 is 41.6 Å². The first kappa shape index (κ1) is 22.5. The lowest BCUT2D eigenvalue weighted by Crippen LogP contribution is -2.37. The van der Waals surface area contributed by atoms with Gasteiger partial charge < -0.3 is 9.84 Å². The summed E-state index contributed by atoms with van der Waals surface area (Å²) in [6, 6.07) is 1.70. The van der Waals surface area contributed by atoms with Gasteiger partial charge in [0.05, 0.1) is 31.5 Å². The number of aliphatic hydroxyl groups is 1. The summed E-state index contributed by atoms with van der Waals surface area (Å²) in [5.74, 6) is -4.06. The molecule has 1 aromatic carbocycles. The minimum atomic E-state index is -5.01. The molecule has 0 bridgehead atoms. The number of aliphatic hydroxyl groups excluding tert-OH is 1. The van der Waals surface area contributed by atoms with E-state index in [4.69, 9.17) is 4.74 Å². The summed E-state index contributed by atoms with van der Waals surface area (Å²) < 4.78 is 72.2. The second-order valence-electron chi connectivity index (χ2n) is 7.90. The predicted octanol–water partition coefficient (Wildman–Crippen LogP) is 3.66. The number of halogens is 5. The minimum absolute atomic E-state index is 0.213. The number of hydrogen-bond donors (Lipinski definition) is 2. The third-order valence-corrected chi connectivity index (χ3v) is 6.09. The molecule has 7 nitrogen and oxygen atoms in total. The van der Waals surface area contributed by atoms with Crippen LogP contribution in [0.15, 0.2) is 12.1 Å². The number of carbonyl (C=O) groups is 1. The molecular weight excluding hydrogens is 439 g/mol. The van der Waals surface area contributed by atoms with E-state index in [9.17, 15) is 31.9 Å². The van der Waals surface area contributed by atoms with E-state index in [-0.39, 0.29) is 44.6 Å². The van der Waals surface area contributed by atoms with Crippen LogP contribution in [-0.2, 0) is 24.0 Å². The van der Waals surface area contributed by atoms with Crippen LogP contribution in [0.3, 0.4) is 0 Å². The Morgan fingerprint density at radius 2 is 1.94 bits per heavy atom. The number of rotatable bonds is 3. The molecule has 0 spiro atoms. The molecule has 12 heteroatoms. The maximum absolute atomic E-state index is 14.0. The van der Waals surface area contributed by atoms with Gasteiger partial charge in [-0.3, -0.25) is 14.9 Å². The number of fused-ring (bicyclic) bond motifs is 1. The molecule has 0 aliphatic carbocycles. The van der Waals surface area contributed by atoms with E-state index in [1.807, 2.05) is 0 Å². The zero-order valence-corrected chi connectivity index (χ0v) is 17.0. The molecule has 1 atom stereocenters. The summed E-state index contributed by atoms with van der Waals surface area (Å²) in [6.07, 6.45) is -6.22. The number of methoxy groups -OCH3 is 1. The molecule has 174 valence electrons. The topological polar surface area (TPSA) is 81.7 Å². The maximum atomic E-state index is 14.0. The zero-order valence-electron chi connectivity index (χ0n) is 17.0. The number of amides is 1. The highest BCUT2D eigenvalue weighted by Gasteiger charge is 2.41. The van der Waals surface area contributed by atoms with Crippen LogP contribution in [0, 0.1) is 11.6 Å². The molecule has 1 unspecified atom stereocenters. The molecule has 0 radical (unpaired) electrons. The molecule has 1 aromatic heterocycles. The third kappa shape index (κ3) is 3.92. The molecule has 2 aliphatic rings. The Morgan fingerprint density at radius 1 is 1.25 bits per heavy atom. The quantitative estimate of drug-likeness (QED) is 0.684. The molecule has 1 amide bonds. The van der Waals surface area contributed by atoms with Crippen LogP contribution in [0.25, 0.3) is 0 Å². The highest BCUT2D eigenvalue weighted by Crippen LogP contribution is 2.42. The van der Waals surface area contributed by atoms with Gasteiger partial charge in [0, 0.05) is 18.7 Å². The summed E-state index contributed by atoms with van der Waals surface area (Å²) >= 11 is 0. The summed E-state index contributed by atoms with van der Waals surface area (Å²) in [6.45, 7) is 0.931. The molecule has 2 aliphatic heterocycles. The number of benzene rings is 1. The van der Waals surface area contributed by atoms with E-state index in [2.05, 4.69) is 10.2 Å². The number of nitrogens with one attached hydrogen (secondary N) is 1. The molecule has 2 aromatic rings. The lowest BCUT2D eigenvalue weighted by molar-refractivity contribution is -0.141. The van der Waals surface area contributed by atoms with Gasteiger partial charge in [-0.05, 0) is 30.4 Å². The van der Waals surface area contributed by atoms with Crippen molar-refractivity contribution in [1.82, 2.24) is 20.0 Å². The van der Waals surface area contributed by atoms with Gasteiger partial charge in [-0.15, -0.1) is 0 Å². The summed E-state index contributed by atoms with van der Waals surface area (Å²) in [4.78, 5) is 14.8. The van der Waals surface area contributed by atoms with E-state index in [0.29, 0.717) is 23.0 Å². The van der Waals surface area contributed by atoms with Gasteiger partial charge in [0.1, 0.15) is 5.69 Å². The van der Waals surface area contributed by atoms with Gasteiger partial charge in [-0.25, -0.2) is 13.6 Å². The Bertz CT molecular complexity index is 1020. The van der Waals surface area contributed by atoms with E-state index >= 15 is 0 Å². The summed E-state index contributed by atoms with van der Waals surface area (Å²) in [5, 5.41) is 17.8. The standard InChI is InChI=1S/C20H21F5N4O3/c1-32-19(31)29-8-12-14(9-29)26-27-17(12)18(30)28-6-4-10(5-7-28)11-2-3-13(21)16(22)15(11)20(23,24)25/h2-3,10,18,30H,4-9H2,1H3,(H,26,27). The van der Waals surface area contributed by atoms with Crippen molar-refractivity contribution in [2.45, 2.75) is 44.3 Å². The van der Waals surface area contributed by atoms with Crippen molar-refractivity contribution in [1.29, 1.82) is 0 Å². The number of carbonyl (C=O) groups excluding carboxylic acids is 1. The SMILES string of the molecule is COC(=O)N1Cc2[nH]nc(C(O)N3CCC(c4ccc(F)c(F)c4C(F)(F)F)CC3)c2C1. The molecule has 32 heavy (non-hydrogen) atoms. The van der Waals surface area contributed by atoms with Gasteiger partial charge in [0.2, 0.25) is 0 Å². The van der Waals surface area contributed by atoms with E-state index in [0.717, 1.165) is 6.07 Å². The van der Waals surface area contributed by atoms with Crippen LogP contribution in [0.2, 0.25) is 0 Å². The smallest absolute Gasteiger partial charge is 0.419 e. The Kier molecular flexibility index (Phi) is 5.84. The monoisotopic (exact) mass is 460 g/mol. The number of H-pyrrole nitrogens is 1. The molecule has 1 saturated heterocycles. The van der Waals surface area contributed by atoms with E-state index in [1.165, 1.54) is 12.0 Å². The molecule has 3 heterocycles. The molecule has 2 N–H and O–H groups in total. The fourth-order valence-corrected chi connectivity index (χ4v) is 4.46. The summed E-state index contributed by atoms with van der Waals surface area (Å²) in [7, 11) is 1.27. The molecule has 4 rings (SSSR count). The average Bonchev–Trinajstić information content (AvgIpc) is 3.34. The van der Waals surface area contributed by atoms with Crippen LogP contribution in [0.1, 0.15) is 53.1 Å². The lowest BCUT2D eigenvalue weighted by atomic mass is 9.85. The molecule has 0 saturated carbocycles. The largest absolute Gasteiger partial charge is 0.453 e. The van der Waals surface area contributed by atoms with Crippen molar-refractivity contribution in [3.63, 3.8) is 0 Å². The van der Waals surface area contributed by atoms with Crippen LogP contribution >= 0.6 is 0 Å².